The molecule has 5 nitrogen and oxygen atoms in total. The van der Waals surface area contributed by atoms with Crippen LogP contribution in [0.4, 0.5) is 0 Å². The molecule has 2 aromatic heterocycles. The van der Waals surface area contributed by atoms with Gasteiger partial charge >= 0.3 is 0 Å². The maximum absolute atomic E-state index is 12.1. The third-order valence-electron chi connectivity index (χ3n) is 2.63. The first-order valence-corrected chi connectivity index (χ1v) is 5.75. The molecule has 0 fully saturated rings. The third-order valence-corrected chi connectivity index (χ3v) is 2.63. The fourth-order valence-electron chi connectivity index (χ4n) is 1.67. The van der Waals surface area contributed by atoms with Crippen LogP contribution >= 0.6 is 0 Å². The zero-order valence-electron chi connectivity index (χ0n) is 10.8. The third kappa shape index (κ3) is 3.07. The molecule has 0 unspecified atom stereocenters. The van der Waals surface area contributed by atoms with Crippen LogP contribution in [-0.4, -0.2) is 30.0 Å². The van der Waals surface area contributed by atoms with E-state index in [2.05, 4.69) is 9.97 Å². The zero-order valence-corrected chi connectivity index (χ0v) is 10.8. The highest BCUT2D eigenvalue weighted by Gasteiger charge is 2.14. The molecule has 0 saturated carbocycles. The van der Waals surface area contributed by atoms with Crippen molar-refractivity contribution in [2.75, 3.05) is 14.2 Å². The Balaban J connectivity index is 2.16. The van der Waals surface area contributed by atoms with E-state index in [0.29, 0.717) is 17.3 Å². The van der Waals surface area contributed by atoms with Gasteiger partial charge in [-0.05, 0) is 17.7 Å². The lowest BCUT2D eigenvalue weighted by Gasteiger charge is -2.06. The van der Waals surface area contributed by atoms with Crippen molar-refractivity contribution in [2.45, 2.75) is 6.42 Å². The molecule has 2 aromatic rings. The highest BCUT2D eigenvalue weighted by Crippen LogP contribution is 2.17. The molecule has 0 bridgehead atoms. The summed E-state index contributed by atoms with van der Waals surface area (Å²) in [6, 6.07) is 6.97. The van der Waals surface area contributed by atoms with Crippen molar-refractivity contribution < 1.29 is 14.3 Å². The van der Waals surface area contributed by atoms with Gasteiger partial charge in [0.1, 0.15) is 11.4 Å². The molecule has 19 heavy (non-hydrogen) atoms. The van der Waals surface area contributed by atoms with Gasteiger partial charge in [0.25, 0.3) is 0 Å². The van der Waals surface area contributed by atoms with Crippen molar-refractivity contribution in [3.05, 3.63) is 47.9 Å². The molecule has 0 saturated heterocycles. The Hall–Kier alpha value is -2.43. The van der Waals surface area contributed by atoms with Crippen molar-refractivity contribution in [1.82, 2.24) is 9.97 Å². The van der Waals surface area contributed by atoms with Crippen molar-refractivity contribution in [1.29, 1.82) is 0 Å². The van der Waals surface area contributed by atoms with Crippen LogP contribution in [0.5, 0.6) is 11.6 Å². The number of Topliss-reactive ketones (excluding diaryl/α,β-unsaturated/α-hetero) is 1. The van der Waals surface area contributed by atoms with Gasteiger partial charge in [-0.1, -0.05) is 6.07 Å². The van der Waals surface area contributed by atoms with E-state index in [4.69, 9.17) is 9.47 Å². The Morgan fingerprint density at radius 2 is 2.00 bits per heavy atom. The Morgan fingerprint density at radius 1 is 1.16 bits per heavy atom. The lowest BCUT2D eigenvalue weighted by atomic mass is 10.1. The van der Waals surface area contributed by atoms with Gasteiger partial charge in [-0.15, -0.1) is 0 Å². The van der Waals surface area contributed by atoms with Crippen LogP contribution in [0.25, 0.3) is 0 Å². The second kappa shape index (κ2) is 5.95. The van der Waals surface area contributed by atoms with Crippen molar-refractivity contribution in [2.24, 2.45) is 0 Å². The second-order valence-electron chi connectivity index (χ2n) is 3.86. The van der Waals surface area contributed by atoms with Crippen LogP contribution in [0.3, 0.4) is 0 Å². The smallest absolute Gasteiger partial charge is 0.212 e. The molecule has 2 heterocycles. The summed E-state index contributed by atoms with van der Waals surface area (Å²) in [5.74, 6) is 0.894. The van der Waals surface area contributed by atoms with Gasteiger partial charge in [0.2, 0.25) is 5.88 Å². The predicted molar refractivity (Wildman–Crippen MR) is 69.6 cm³/mol. The zero-order chi connectivity index (χ0) is 13.7. The van der Waals surface area contributed by atoms with Crippen molar-refractivity contribution >= 4 is 5.78 Å². The standard InChI is InChI=1S/C14H14N2O3/c1-18-12-4-3-7-15-14(12)11(17)8-10-5-6-13(19-2)16-9-10/h3-7,9H,8H2,1-2H3. The van der Waals surface area contributed by atoms with Gasteiger partial charge in [0.05, 0.1) is 14.2 Å². The Kier molecular flexibility index (Phi) is 4.07. The Morgan fingerprint density at radius 3 is 2.63 bits per heavy atom. The molecule has 0 aliphatic carbocycles. The number of carbonyl (C=O) groups is 1. The molecular weight excluding hydrogens is 244 g/mol. The maximum Gasteiger partial charge on any atom is 0.212 e. The van der Waals surface area contributed by atoms with Crippen LogP contribution in [-0.2, 0) is 6.42 Å². The van der Waals surface area contributed by atoms with E-state index in [1.54, 1.807) is 43.8 Å². The number of hydrogen-bond donors (Lipinski definition) is 0. The van der Waals surface area contributed by atoms with E-state index in [-0.39, 0.29) is 12.2 Å². The molecule has 0 atom stereocenters. The van der Waals surface area contributed by atoms with Crippen LogP contribution < -0.4 is 9.47 Å². The first kappa shape index (κ1) is 13.0. The van der Waals surface area contributed by atoms with Crippen LogP contribution in [0.2, 0.25) is 0 Å². The van der Waals surface area contributed by atoms with Gasteiger partial charge in [0, 0.05) is 24.9 Å². The highest BCUT2D eigenvalue weighted by atomic mass is 16.5. The molecule has 98 valence electrons. The van der Waals surface area contributed by atoms with Crippen LogP contribution in [0, 0.1) is 0 Å². The summed E-state index contributed by atoms with van der Waals surface area (Å²) in [6.07, 6.45) is 3.42. The molecule has 2 rings (SSSR count). The average molecular weight is 258 g/mol. The number of rotatable bonds is 5. The Labute approximate surface area is 111 Å². The van der Waals surface area contributed by atoms with E-state index in [1.807, 2.05) is 0 Å². The molecule has 5 heteroatoms. The van der Waals surface area contributed by atoms with Gasteiger partial charge in [-0.25, -0.2) is 9.97 Å². The van der Waals surface area contributed by atoms with E-state index >= 15 is 0 Å². The van der Waals surface area contributed by atoms with Gasteiger partial charge in [0.15, 0.2) is 5.78 Å². The predicted octanol–water partition coefficient (Wildman–Crippen LogP) is 1.92. The van der Waals surface area contributed by atoms with Gasteiger partial charge in [-0.2, -0.15) is 0 Å². The van der Waals surface area contributed by atoms with Gasteiger partial charge in [-0.3, -0.25) is 4.79 Å². The fourth-order valence-corrected chi connectivity index (χ4v) is 1.67. The first-order valence-electron chi connectivity index (χ1n) is 5.75. The summed E-state index contributed by atoms with van der Waals surface area (Å²) in [6.45, 7) is 0. The second-order valence-corrected chi connectivity index (χ2v) is 3.86. The summed E-state index contributed by atoms with van der Waals surface area (Å²) in [5.41, 5.74) is 1.14. The van der Waals surface area contributed by atoms with Crippen LogP contribution in [0.1, 0.15) is 16.1 Å². The normalized spacial score (nSPS) is 10.0. The van der Waals surface area contributed by atoms with E-state index in [0.717, 1.165) is 5.56 Å². The molecule has 0 aliphatic rings. The number of carbonyl (C=O) groups excluding carboxylic acids is 1. The highest BCUT2D eigenvalue weighted by molar-refractivity contribution is 5.98. The summed E-state index contributed by atoms with van der Waals surface area (Å²) >= 11 is 0. The number of pyridine rings is 2. The number of nitrogens with zero attached hydrogens (tertiary/aromatic N) is 2. The fraction of sp³-hybridized carbons (Fsp3) is 0.214. The quantitative estimate of drug-likeness (QED) is 0.767. The summed E-state index contributed by atoms with van der Waals surface area (Å²) in [5, 5.41) is 0. The molecule has 0 N–H and O–H groups in total. The molecular formula is C14H14N2O3. The summed E-state index contributed by atoms with van der Waals surface area (Å²) in [7, 11) is 3.06. The van der Waals surface area contributed by atoms with E-state index in [9.17, 15) is 4.79 Å². The average Bonchev–Trinajstić information content (AvgIpc) is 2.48. The minimum Gasteiger partial charge on any atom is -0.494 e. The lowest BCUT2D eigenvalue weighted by Crippen LogP contribution is -2.08. The van der Waals surface area contributed by atoms with Crippen LogP contribution in [0.15, 0.2) is 36.7 Å². The topological polar surface area (TPSA) is 61.3 Å². The molecule has 0 radical (unpaired) electrons. The number of methoxy groups -OCH3 is 2. The maximum atomic E-state index is 12.1. The molecule has 0 amide bonds. The van der Waals surface area contributed by atoms with E-state index in [1.165, 1.54) is 7.11 Å². The summed E-state index contributed by atoms with van der Waals surface area (Å²) in [4.78, 5) is 20.3. The first-order chi connectivity index (χ1) is 9.24. The minimum atomic E-state index is -0.107. The number of ketones is 1. The molecule has 0 aromatic carbocycles. The SMILES string of the molecule is COc1ccc(CC(=O)c2ncccc2OC)cn1. The molecule has 0 aliphatic heterocycles. The minimum absolute atomic E-state index is 0.107. The number of hydrogen-bond acceptors (Lipinski definition) is 5. The van der Waals surface area contributed by atoms with Crippen molar-refractivity contribution in [3.8, 4) is 11.6 Å². The van der Waals surface area contributed by atoms with Gasteiger partial charge < -0.3 is 9.47 Å². The largest absolute Gasteiger partial charge is 0.494 e. The number of ether oxygens (including phenoxy) is 2. The summed E-state index contributed by atoms with van der Waals surface area (Å²) < 4.78 is 10.1. The Bertz CT molecular complexity index is 567. The molecule has 0 spiro atoms. The number of aromatic nitrogens is 2. The van der Waals surface area contributed by atoms with Crippen molar-refractivity contribution in [3.63, 3.8) is 0 Å². The monoisotopic (exact) mass is 258 g/mol. The van der Waals surface area contributed by atoms with E-state index < -0.39 is 0 Å². The lowest BCUT2D eigenvalue weighted by molar-refractivity contribution is 0.0985.